The van der Waals surface area contributed by atoms with Crippen LogP contribution in [0.15, 0.2) is 0 Å². The molecule has 2 atom stereocenters. The fourth-order valence-corrected chi connectivity index (χ4v) is 1.69. The first-order chi connectivity index (χ1) is 5.62. The maximum atomic E-state index is 9.24. The summed E-state index contributed by atoms with van der Waals surface area (Å²) in [6.07, 6.45) is 1.80. The highest BCUT2D eigenvalue weighted by atomic mass is 16.3. The Morgan fingerprint density at radius 1 is 1.33 bits per heavy atom. The van der Waals surface area contributed by atoms with E-state index in [0.717, 1.165) is 12.8 Å². The van der Waals surface area contributed by atoms with Crippen LogP contribution in [0.1, 0.15) is 26.2 Å². The molecular formula is C9H12N2O. The van der Waals surface area contributed by atoms with Gasteiger partial charge in [0, 0.05) is 0 Å². The second kappa shape index (κ2) is 3.13. The average Bonchev–Trinajstić information content (AvgIpc) is 2.51. The van der Waals surface area contributed by atoms with E-state index in [1.165, 1.54) is 0 Å². The van der Waals surface area contributed by atoms with E-state index >= 15 is 0 Å². The van der Waals surface area contributed by atoms with Crippen molar-refractivity contribution < 1.29 is 5.11 Å². The molecule has 0 aromatic carbocycles. The van der Waals surface area contributed by atoms with Crippen molar-refractivity contribution in [2.45, 2.75) is 32.3 Å². The van der Waals surface area contributed by atoms with Crippen molar-refractivity contribution in [2.75, 3.05) is 0 Å². The lowest BCUT2D eigenvalue weighted by atomic mass is 9.78. The molecule has 1 aliphatic carbocycles. The van der Waals surface area contributed by atoms with Crippen LogP contribution < -0.4 is 0 Å². The van der Waals surface area contributed by atoms with Gasteiger partial charge in [0.1, 0.15) is 5.41 Å². The topological polar surface area (TPSA) is 67.8 Å². The normalized spacial score (nSPS) is 29.3. The van der Waals surface area contributed by atoms with Crippen LogP contribution in [0.5, 0.6) is 0 Å². The summed E-state index contributed by atoms with van der Waals surface area (Å²) in [5.41, 5.74) is -0.905. The van der Waals surface area contributed by atoms with E-state index in [1.54, 1.807) is 6.92 Å². The van der Waals surface area contributed by atoms with Gasteiger partial charge in [0.25, 0.3) is 0 Å². The second-order valence-corrected chi connectivity index (χ2v) is 3.59. The third-order valence-corrected chi connectivity index (χ3v) is 2.69. The summed E-state index contributed by atoms with van der Waals surface area (Å²) >= 11 is 0. The Kier molecular flexibility index (Phi) is 2.35. The monoisotopic (exact) mass is 164 g/mol. The van der Waals surface area contributed by atoms with E-state index in [1.807, 2.05) is 12.1 Å². The summed E-state index contributed by atoms with van der Waals surface area (Å²) in [5, 5.41) is 26.8. The van der Waals surface area contributed by atoms with Gasteiger partial charge in [-0.05, 0) is 32.1 Å². The molecule has 1 fully saturated rings. The molecule has 0 saturated heterocycles. The van der Waals surface area contributed by atoms with Crippen LogP contribution in [0.25, 0.3) is 0 Å². The number of nitrogens with zero attached hydrogens (tertiary/aromatic N) is 2. The third kappa shape index (κ3) is 1.42. The van der Waals surface area contributed by atoms with Crippen LogP contribution in [0, 0.1) is 34.0 Å². The predicted octanol–water partition coefficient (Wildman–Crippen LogP) is 1.20. The van der Waals surface area contributed by atoms with E-state index in [-0.39, 0.29) is 12.0 Å². The minimum atomic E-state index is -0.905. The summed E-state index contributed by atoms with van der Waals surface area (Å²) in [7, 11) is 0. The Morgan fingerprint density at radius 3 is 2.25 bits per heavy atom. The van der Waals surface area contributed by atoms with Gasteiger partial charge in [-0.25, -0.2) is 0 Å². The van der Waals surface area contributed by atoms with E-state index < -0.39 is 5.41 Å². The largest absolute Gasteiger partial charge is 0.393 e. The van der Waals surface area contributed by atoms with Crippen molar-refractivity contribution >= 4 is 0 Å². The Morgan fingerprint density at radius 2 is 1.92 bits per heavy atom. The lowest BCUT2D eigenvalue weighted by Gasteiger charge is -2.19. The number of hydrogen-bond donors (Lipinski definition) is 1. The summed E-state index contributed by atoms with van der Waals surface area (Å²) in [6, 6.07) is 4.04. The van der Waals surface area contributed by atoms with E-state index in [0.29, 0.717) is 6.42 Å². The number of rotatable bonds is 1. The average molecular weight is 164 g/mol. The molecule has 12 heavy (non-hydrogen) atoms. The van der Waals surface area contributed by atoms with Crippen LogP contribution in [0.2, 0.25) is 0 Å². The van der Waals surface area contributed by atoms with Gasteiger partial charge in [-0.15, -0.1) is 0 Å². The lowest BCUT2D eigenvalue weighted by Crippen LogP contribution is -2.22. The smallest absolute Gasteiger partial charge is 0.143 e. The first-order valence-electron chi connectivity index (χ1n) is 4.13. The first kappa shape index (κ1) is 9.03. The molecule has 1 saturated carbocycles. The summed E-state index contributed by atoms with van der Waals surface area (Å²) < 4.78 is 0. The van der Waals surface area contributed by atoms with Gasteiger partial charge in [-0.1, -0.05) is 0 Å². The molecule has 0 radical (unpaired) electrons. The quantitative estimate of drug-likeness (QED) is 0.633. The molecule has 3 heteroatoms. The maximum Gasteiger partial charge on any atom is 0.143 e. The van der Waals surface area contributed by atoms with Crippen LogP contribution in [-0.2, 0) is 0 Å². The van der Waals surface area contributed by atoms with Gasteiger partial charge in [0.05, 0.1) is 18.2 Å². The minimum Gasteiger partial charge on any atom is -0.393 e. The SMILES string of the molecule is CC(C#N)(C#N)C1CCC(O)C1. The van der Waals surface area contributed by atoms with Gasteiger partial charge >= 0.3 is 0 Å². The molecule has 2 unspecified atom stereocenters. The highest BCUT2D eigenvalue weighted by Crippen LogP contribution is 2.38. The van der Waals surface area contributed by atoms with Crippen molar-refractivity contribution in [1.82, 2.24) is 0 Å². The molecule has 0 aromatic rings. The van der Waals surface area contributed by atoms with Gasteiger partial charge < -0.3 is 5.11 Å². The van der Waals surface area contributed by atoms with Crippen molar-refractivity contribution in [2.24, 2.45) is 11.3 Å². The number of nitriles is 2. The lowest BCUT2D eigenvalue weighted by molar-refractivity contribution is 0.170. The van der Waals surface area contributed by atoms with Crippen LogP contribution in [-0.4, -0.2) is 11.2 Å². The van der Waals surface area contributed by atoms with Crippen molar-refractivity contribution in [3.8, 4) is 12.1 Å². The van der Waals surface area contributed by atoms with E-state index in [2.05, 4.69) is 0 Å². The van der Waals surface area contributed by atoms with Crippen LogP contribution in [0.4, 0.5) is 0 Å². The van der Waals surface area contributed by atoms with Gasteiger partial charge in [-0.3, -0.25) is 0 Å². The zero-order valence-corrected chi connectivity index (χ0v) is 7.12. The molecule has 0 heterocycles. The number of hydrogen-bond acceptors (Lipinski definition) is 3. The molecule has 0 aliphatic heterocycles. The van der Waals surface area contributed by atoms with Crippen molar-refractivity contribution in [1.29, 1.82) is 10.5 Å². The molecular weight excluding hydrogens is 152 g/mol. The molecule has 0 bridgehead atoms. The van der Waals surface area contributed by atoms with Crippen molar-refractivity contribution in [3.05, 3.63) is 0 Å². The van der Waals surface area contributed by atoms with Gasteiger partial charge in [-0.2, -0.15) is 10.5 Å². The fraction of sp³-hybridized carbons (Fsp3) is 0.778. The molecule has 0 amide bonds. The standard InChI is InChI=1S/C9H12N2O/c1-9(5-10,6-11)7-2-3-8(12)4-7/h7-8,12H,2-4H2,1H3. The molecule has 0 spiro atoms. The zero-order valence-electron chi connectivity index (χ0n) is 7.12. The second-order valence-electron chi connectivity index (χ2n) is 3.59. The Hall–Kier alpha value is -1.06. The Bertz CT molecular complexity index is 234. The van der Waals surface area contributed by atoms with Crippen molar-refractivity contribution in [3.63, 3.8) is 0 Å². The number of aliphatic hydroxyl groups excluding tert-OH is 1. The number of aliphatic hydroxyl groups is 1. The minimum absolute atomic E-state index is 0.0440. The van der Waals surface area contributed by atoms with Crippen LogP contribution in [0.3, 0.4) is 0 Å². The molecule has 1 N–H and O–H groups in total. The highest BCUT2D eigenvalue weighted by Gasteiger charge is 2.39. The molecule has 0 aromatic heterocycles. The third-order valence-electron chi connectivity index (χ3n) is 2.69. The molecule has 3 nitrogen and oxygen atoms in total. The predicted molar refractivity (Wildman–Crippen MR) is 42.7 cm³/mol. The zero-order chi connectivity index (χ0) is 9.19. The fourth-order valence-electron chi connectivity index (χ4n) is 1.69. The van der Waals surface area contributed by atoms with E-state index in [9.17, 15) is 5.11 Å². The molecule has 1 rings (SSSR count). The van der Waals surface area contributed by atoms with Gasteiger partial charge in [0.15, 0.2) is 0 Å². The highest BCUT2D eigenvalue weighted by molar-refractivity contribution is 5.15. The Labute approximate surface area is 72.2 Å². The molecule has 1 aliphatic rings. The van der Waals surface area contributed by atoms with Gasteiger partial charge in [0.2, 0.25) is 0 Å². The summed E-state index contributed by atoms with van der Waals surface area (Å²) in [6.45, 7) is 1.65. The van der Waals surface area contributed by atoms with E-state index in [4.69, 9.17) is 10.5 Å². The summed E-state index contributed by atoms with van der Waals surface area (Å²) in [4.78, 5) is 0. The maximum absolute atomic E-state index is 9.24. The summed E-state index contributed by atoms with van der Waals surface area (Å²) in [5.74, 6) is 0.0440. The van der Waals surface area contributed by atoms with Crippen LogP contribution >= 0.6 is 0 Å². The molecule has 64 valence electrons. The first-order valence-corrected chi connectivity index (χ1v) is 4.13. The Balaban J connectivity index is 2.72.